The molecule has 0 aliphatic rings. The number of nitriles is 2. The Labute approximate surface area is 277 Å². The second kappa shape index (κ2) is 12.8. The minimum Gasteiger partial charge on any atom is -0.465 e. The van der Waals surface area contributed by atoms with Gasteiger partial charge in [-0.05, 0) is 66.2 Å². The number of carbonyl (C=O) groups excluding carboxylic acids is 1. The lowest BCUT2D eigenvalue weighted by atomic mass is 9.90. The zero-order valence-electron chi connectivity index (χ0n) is 25.3. The molecule has 0 unspecified atom stereocenters. The van der Waals surface area contributed by atoms with Crippen LogP contribution in [0.4, 0.5) is 17.6 Å². The van der Waals surface area contributed by atoms with E-state index >= 15 is 4.39 Å². The number of rotatable bonds is 7. The van der Waals surface area contributed by atoms with Crippen molar-refractivity contribution in [1.82, 2.24) is 3.97 Å². The van der Waals surface area contributed by atoms with E-state index in [0.717, 1.165) is 53.5 Å². The smallest absolute Gasteiger partial charge is 0.337 e. The largest absolute Gasteiger partial charge is 0.465 e. The van der Waals surface area contributed by atoms with Gasteiger partial charge in [-0.3, -0.25) is 0 Å². The Balaban J connectivity index is 1.74. The van der Waals surface area contributed by atoms with E-state index < -0.39 is 39.6 Å². The molecule has 49 heavy (non-hydrogen) atoms. The van der Waals surface area contributed by atoms with Crippen molar-refractivity contribution >= 4 is 26.9 Å². The predicted octanol–water partition coefficient (Wildman–Crippen LogP) is 8.63. The van der Waals surface area contributed by atoms with Crippen molar-refractivity contribution in [2.24, 2.45) is 0 Å². The summed E-state index contributed by atoms with van der Waals surface area (Å²) in [6.07, 6.45) is -2.86. The SMILES string of the molecule is COC(=O)c1ccc(-c2cccc(-c3c(-c4c(C#N)cccc4C#N)c4cc(F)ccc4n3S(=O)(=O)c3ccc(C(F)F)cc3)c2)c(F)c1. The quantitative estimate of drug-likeness (QED) is 0.123. The summed E-state index contributed by atoms with van der Waals surface area (Å²) in [7, 11) is -3.52. The van der Waals surface area contributed by atoms with Gasteiger partial charge in [0.15, 0.2) is 0 Å². The first-order valence-electron chi connectivity index (χ1n) is 14.4. The van der Waals surface area contributed by atoms with Crippen molar-refractivity contribution < 1.29 is 35.5 Å². The van der Waals surface area contributed by atoms with Crippen molar-refractivity contribution in [2.45, 2.75) is 11.3 Å². The molecule has 6 rings (SSSR count). The summed E-state index contributed by atoms with van der Waals surface area (Å²) >= 11 is 0. The highest BCUT2D eigenvalue weighted by atomic mass is 32.2. The van der Waals surface area contributed by atoms with Gasteiger partial charge in [-0.1, -0.05) is 42.5 Å². The van der Waals surface area contributed by atoms with Crippen LogP contribution in [0, 0.1) is 34.3 Å². The summed E-state index contributed by atoms with van der Waals surface area (Å²) in [6, 6.07) is 25.5. The maximum absolute atomic E-state index is 15.4. The van der Waals surface area contributed by atoms with Gasteiger partial charge in [0.2, 0.25) is 0 Å². The van der Waals surface area contributed by atoms with Crippen LogP contribution >= 0.6 is 0 Å². The third-order valence-electron chi connectivity index (χ3n) is 7.95. The molecule has 0 amide bonds. The number of nitrogens with zero attached hydrogens (tertiary/aromatic N) is 3. The first kappa shape index (κ1) is 32.7. The van der Waals surface area contributed by atoms with Crippen LogP contribution in [0.15, 0.2) is 108 Å². The lowest BCUT2D eigenvalue weighted by molar-refractivity contribution is 0.0600. The highest BCUT2D eigenvalue weighted by Crippen LogP contribution is 2.46. The van der Waals surface area contributed by atoms with E-state index in [1.807, 2.05) is 12.1 Å². The van der Waals surface area contributed by atoms with Crippen LogP contribution in [0.25, 0.3) is 44.4 Å². The molecule has 1 heterocycles. The standard InChI is InChI=1S/C37H21F4N3O4S/c1-48-37(45)24-10-14-29(31(39)17-24)22-4-2-5-23(16-22)35-34(33-25(19-42)6-3-7-26(33)20-43)30-18-27(38)11-15-32(30)44(35)49(46,47)28-12-8-21(9-13-28)36(40)41/h2-18,36H,1H3. The van der Waals surface area contributed by atoms with Crippen LogP contribution < -0.4 is 0 Å². The van der Waals surface area contributed by atoms with Crippen molar-refractivity contribution in [3.8, 4) is 45.6 Å². The van der Waals surface area contributed by atoms with E-state index in [1.165, 1.54) is 54.6 Å². The molecule has 0 saturated carbocycles. The van der Waals surface area contributed by atoms with Gasteiger partial charge in [-0.2, -0.15) is 10.5 Å². The molecule has 0 aliphatic carbocycles. The summed E-state index contributed by atoms with van der Waals surface area (Å²) in [6.45, 7) is 0. The summed E-state index contributed by atoms with van der Waals surface area (Å²) < 4.78 is 91.8. The molecule has 5 aromatic carbocycles. The molecule has 0 N–H and O–H groups in total. The topological polar surface area (TPSA) is 113 Å². The van der Waals surface area contributed by atoms with E-state index in [4.69, 9.17) is 0 Å². The van der Waals surface area contributed by atoms with E-state index in [1.54, 1.807) is 6.07 Å². The van der Waals surface area contributed by atoms with Crippen molar-refractivity contribution in [3.63, 3.8) is 0 Å². The zero-order chi connectivity index (χ0) is 35.0. The third-order valence-corrected chi connectivity index (χ3v) is 9.68. The number of methoxy groups -OCH3 is 1. The van der Waals surface area contributed by atoms with Crippen molar-refractivity contribution in [2.75, 3.05) is 7.11 Å². The number of hydrogen-bond donors (Lipinski definition) is 0. The molecule has 0 spiro atoms. The average Bonchev–Trinajstić information content (AvgIpc) is 3.45. The first-order chi connectivity index (χ1) is 23.5. The number of halogens is 4. The van der Waals surface area contributed by atoms with Crippen LogP contribution in [0.5, 0.6) is 0 Å². The molecule has 7 nitrogen and oxygen atoms in total. The van der Waals surface area contributed by atoms with E-state index in [-0.39, 0.29) is 66.0 Å². The fourth-order valence-corrected chi connectivity index (χ4v) is 7.27. The molecule has 0 saturated heterocycles. The highest BCUT2D eigenvalue weighted by Gasteiger charge is 2.31. The number of hydrogen-bond acceptors (Lipinski definition) is 6. The van der Waals surface area contributed by atoms with Gasteiger partial charge >= 0.3 is 5.97 Å². The lowest BCUT2D eigenvalue weighted by Gasteiger charge is -2.16. The number of fused-ring (bicyclic) bond motifs is 1. The third kappa shape index (κ3) is 5.69. The molecule has 0 atom stereocenters. The van der Waals surface area contributed by atoms with Gasteiger partial charge in [0.05, 0.1) is 52.0 Å². The minimum atomic E-state index is -4.67. The lowest BCUT2D eigenvalue weighted by Crippen LogP contribution is -2.14. The normalized spacial score (nSPS) is 11.3. The van der Waals surface area contributed by atoms with E-state index in [9.17, 15) is 36.9 Å². The van der Waals surface area contributed by atoms with E-state index in [2.05, 4.69) is 4.74 Å². The number of benzene rings is 5. The first-order valence-corrected chi connectivity index (χ1v) is 15.8. The molecular weight excluding hydrogens is 658 g/mol. The van der Waals surface area contributed by atoms with Gasteiger partial charge in [-0.25, -0.2) is 34.7 Å². The van der Waals surface area contributed by atoms with Crippen LogP contribution in [0.3, 0.4) is 0 Å². The number of aromatic nitrogens is 1. The Morgan fingerprint density at radius 3 is 2.06 bits per heavy atom. The summed E-state index contributed by atoms with van der Waals surface area (Å²) in [5, 5.41) is 20.3. The minimum absolute atomic E-state index is 0.0112. The second-order valence-electron chi connectivity index (χ2n) is 10.7. The molecule has 12 heteroatoms. The average molecular weight is 680 g/mol. The number of carbonyl (C=O) groups is 1. The summed E-state index contributed by atoms with van der Waals surface area (Å²) in [5.74, 6) is -2.28. The highest BCUT2D eigenvalue weighted by molar-refractivity contribution is 7.90. The zero-order valence-corrected chi connectivity index (χ0v) is 26.1. The molecule has 6 aromatic rings. The maximum atomic E-state index is 15.4. The van der Waals surface area contributed by atoms with Gasteiger partial charge in [0, 0.05) is 33.2 Å². The molecule has 0 radical (unpaired) electrons. The van der Waals surface area contributed by atoms with Crippen molar-refractivity contribution in [1.29, 1.82) is 10.5 Å². The molecular formula is C37H21F4N3O4S. The Hall–Kier alpha value is -6.24. The Morgan fingerprint density at radius 1 is 0.796 bits per heavy atom. The Kier molecular flexibility index (Phi) is 8.51. The molecule has 0 fully saturated rings. The summed E-state index contributed by atoms with van der Waals surface area (Å²) in [5.41, 5.74) is -0.103. The van der Waals surface area contributed by atoms with Crippen LogP contribution in [0.2, 0.25) is 0 Å². The van der Waals surface area contributed by atoms with Crippen molar-refractivity contribution in [3.05, 3.63) is 137 Å². The molecule has 0 aliphatic heterocycles. The van der Waals surface area contributed by atoms with Gasteiger partial charge < -0.3 is 4.74 Å². The predicted molar refractivity (Wildman–Crippen MR) is 173 cm³/mol. The number of esters is 1. The molecule has 1 aromatic heterocycles. The molecule has 242 valence electrons. The van der Waals surface area contributed by atoms with E-state index in [0.29, 0.717) is 0 Å². The number of alkyl halides is 2. The Morgan fingerprint density at radius 2 is 1.45 bits per heavy atom. The Bertz CT molecular complexity index is 2470. The monoisotopic (exact) mass is 679 g/mol. The number of ether oxygens (including phenoxy) is 1. The second-order valence-corrected chi connectivity index (χ2v) is 12.5. The van der Waals surface area contributed by atoms with Gasteiger partial charge in [0.25, 0.3) is 16.4 Å². The van der Waals surface area contributed by atoms with Gasteiger partial charge in [-0.15, -0.1) is 0 Å². The summed E-state index contributed by atoms with van der Waals surface area (Å²) in [4.78, 5) is 11.6. The van der Waals surface area contributed by atoms with Gasteiger partial charge in [0.1, 0.15) is 11.6 Å². The maximum Gasteiger partial charge on any atom is 0.337 e. The van der Waals surface area contributed by atoms with Crippen LogP contribution in [-0.4, -0.2) is 25.5 Å². The fraction of sp³-hybridized carbons (Fsp3) is 0.0541. The van der Waals surface area contributed by atoms with Crippen LogP contribution in [-0.2, 0) is 14.8 Å². The fourth-order valence-electron chi connectivity index (χ4n) is 5.73. The van der Waals surface area contributed by atoms with Crippen LogP contribution in [0.1, 0.15) is 33.5 Å². The molecule has 0 bridgehead atoms.